The van der Waals surface area contributed by atoms with Gasteiger partial charge in [0.2, 0.25) is 0 Å². The first-order chi connectivity index (χ1) is 16.4. The van der Waals surface area contributed by atoms with Crippen LogP contribution in [0.4, 0.5) is 14.9 Å². The first-order valence-electron chi connectivity index (χ1n) is 11.8. The Labute approximate surface area is 205 Å². The van der Waals surface area contributed by atoms with Crippen LogP contribution in [0.3, 0.4) is 0 Å². The van der Waals surface area contributed by atoms with E-state index >= 15 is 0 Å². The highest BCUT2D eigenvalue weighted by molar-refractivity contribution is 5.97. The summed E-state index contributed by atoms with van der Waals surface area (Å²) in [5, 5.41) is 12.8. The molecule has 0 unspecified atom stereocenters. The molecule has 0 aromatic heterocycles. The fourth-order valence-electron chi connectivity index (χ4n) is 4.99. The highest BCUT2D eigenvalue weighted by Gasteiger charge is 2.52. The van der Waals surface area contributed by atoms with Crippen LogP contribution in [0.2, 0.25) is 0 Å². The number of hydrogen-bond donors (Lipinski definition) is 2. The zero-order chi connectivity index (χ0) is 26.0. The third kappa shape index (κ3) is 5.31. The van der Waals surface area contributed by atoms with Gasteiger partial charge in [-0.3, -0.25) is 14.9 Å². The molecule has 0 radical (unpaired) electrons. The van der Waals surface area contributed by atoms with Gasteiger partial charge in [0.15, 0.2) is 0 Å². The number of nitrogens with zero attached hydrogens (tertiary/aromatic N) is 1. The lowest BCUT2D eigenvalue weighted by molar-refractivity contribution is -0.150. The van der Waals surface area contributed by atoms with Gasteiger partial charge in [0.05, 0.1) is 17.0 Å². The summed E-state index contributed by atoms with van der Waals surface area (Å²) in [4.78, 5) is 39.8. The zero-order valence-corrected chi connectivity index (χ0v) is 20.9. The number of nitrogens with one attached hydrogen (secondary N) is 1. The maximum absolute atomic E-state index is 14.7. The van der Waals surface area contributed by atoms with Gasteiger partial charge in [-0.2, -0.15) is 0 Å². The Hall–Kier alpha value is -3.42. The van der Waals surface area contributed by atoms with Crippen molar-refractivity contribution in [3.05, 3.63) is 65.0 Å². The first-order valence-corrected chi connectivity index (χ1v) is 11.8. The molecular weight excluding hydrogens is 451 g/mol. The average molecular weight is 485 g/mol. The number of rotatable bonds is 5. The molecule has 3 rings (SSSR count). The third-order valence-electron chi connectivity index (χ3n) is 6.48. The average Bonchev–Trinajstić information content (AvgIpc) is 2.77. The second-order valence-electron chi connectivity index (χ2n) is 9.90. The summed E-state index contributed by atoms with van der Waals surface area (Å²) in [7, 11) is 0. The van der Waals surface area contributed by atoms with Gasteiger partial charge in [-0.1, -0.05) is 31.2 Å². The second kappa shape index (κ2) is 10.1. The number of halogens is 1. The summed E-state index contributed by atoms with van der Waals surface area (Å²) >= 11 is 0. The van der Waals surface area contributed by atoms with Crippen molar-refractivity contribution >= 4 is 23.7 Å². The van der Waals surface area contributed by atoms with Crippen LogP contribution in [0.5, 0.6) is 0 Å². The van der Waals surface area contributed by atoms with Gasteiger partial charge in [0, 0.05) is 12.2 Å². The minimum Gasteiger partial charge on any atom is -0.481 e. The molecule has 8 heteroatoms. The lowest BCUT2D eigenvalue weighted by atomic mass is 9.69. The predicted octanol–water partition coefficient (Wildman–Crippen LogP) is 5.72. The minimum atomic E-state index is -1.18. The van der Waals surface area contributed by atoms with Crippen LogP contribution in [0.1, 0.15) is 68.4 Å². The smallest absolute Gasteiger partial charge is 0.412 e. The Balaban J connectivity index is 2.04. The van der Waals surface area contributed by atoms with Crippen LogP contribution in [0.25, 0.3) is 0 Å². The van der Waals surface area contributed by atoms with Crippen molar-refractivity contribution in [2.45, 2.75) is 65.0 Å². The van der Waals surface area contributed by atoms with E-state index in [0.717, 1.165) is 0 Å². The van der Waals surface area contributed by atoms with Crippen molar-refractivity contribution in [3.63, 3.8) is 0 Å². The zero-order valence-electron chi connectivity index (χ0n) is 20.9. The summed E-state index contributed by atoms with van der Waals surface area (Å²) in [6, 6.07) is 11.2. The molecule has 1 heterocycles. The van der Waals surface area contributed by atoms with Crippen molar-refractivity contribution < 1.29 is 28.6 Å². The predicted molar refractivity (Wildman–Crippen MR) is 131 cm³/mol. The topological polar surface area (TPSA) is 95.9 Å². The second-order valence-corrected chi connectivity index (χ2v) is 9.90. The highest BCUT2D eigenvalue weighted by Crippen LogP contribution is 2.46. The number of hydrogen-bond acceptors (Lipinski definition) is 4. The first kappa shape index (κ1) is 26.2. The van der Waals surface area contributed by atoms with Gasteiger partial charge in [-0.15, -0.1) is 0 Å². The van der Waals surface area contributed by atoms with Crippen LogP contribution in [0, 0.1) is 18.7 Å². The number of likely N-dealkylation sites (tertiary alicyclic amines) is 1. The van der Waals surface area contributed by atoms with E-state index in [9.17, 15) is 23.9 Å². The molecule has 7 nitrogen and oxygen atoms in total. The number of benzene rings is 2. The van der Waals surface area contributed by atoms with Crippen LogP contribution >= 0.6 is 0 Å². The molecule has 1 fully saturated rings. The van der Waals surface area contributed by atoms with Crippen molar-refractivity contribution in [3.8, 4) is 0 Å². The Bertz CT molecular complexity index is 1090. The normalized spacial score (nSPS) is 20.3. The van der Waals surface area contributed by atoms with Gasteiger partial charge < -0.3 is 14.7 Å². The lowest BCUT2D eigenvalue weighted by Gasteiger charge is -2.51. The monoisotopic (exact) mass is 484 g/mol. The number of carboxylic acids is 1. The Morgan fingerprint density at radius 1 is 1.17 bits per heavy atom. The van der Waals surface area contributed by atoms with Crippen LogP contribution in [0.15, 0.2) is 42.5 Å². The summed E-state index contributed by atoms with van der Waals surface area (Å²) in [5.41, 5.74) is -0.294. The van der Waals surface area contributed by atoms with Crippen molar-refractivity contribution in [1.29, 1.82) is 0 Å². The van der Waals surface area contributed by atoms with Crippen molar-refractivity contribution in [1.82, 2.24) is 4.90 Å². The quantitative estimate of drug-likeness (QED) is 0.566. The molecule has 35 heavy (non-hydrogen) atoms. The van der Waals surface area contributed by atoms with E-state index < -0.39 is 40.8 Å². The number of aliphatic carboxylic acids is 1. The Kier molecular flexibility index (Phi) is 7.53. The van der Waals surface area contributed by atoms with E-state index in [1.54, 1.807) is 64.1 Å². The van der Waals surface area contributed by atoms with Gasteiger partial charge in [0.25, 0.3) is 5.91 Å². The number of carbonyl (C=O) groups is 3. The number of carboxylic acid groups (broad SMARTS) is 1. The summed E-state index contributed by atoms with van der Waals surface area (Å²) in [6.07, 6.45) is 0.600. The molecule has 2 aromatic carbocycles. The molecule has 2 atom stereocenters. The molecule has 0 bridgehead atoms. The molecule has 2 aromatic rings. The van der Waals surface area contributed by atoms with Gasteiger partial charge in [0.1, 0.15) is 11.4 Å². The van der Waals surface area contributed by atoms with Gasteiger partial charge in [-0.25, -0.2) is 9.18 Å². The van der Waals surface area contributed by atoms with Crippen LogP contribution in [-0.2, 0) is 15.1 Å². The molecule has 0 saturated carbocycles. The van der Waals surface area contributed by atoms with Crippen LogP contribution < -0.4 is 5.32 Å². The minimum absolute atomic E-state index is 0.0421. The van der Waals surface area contributed by atoms with Gasteiger partial charge in [-0.05, 0) is 76.3 Å². The van der Waals surface area contributed by atoms with E-state index in [-0.39, 0.29) is 5.56 Å². The number of amides is 2. The maximum Gasteiger partial charge on any atom is 0.412 e. The number of carbonyl (C=O) groups excluding carboxylic acids is 2. The SMILES string of the molecule is CC[C@]1(c2ccc(NC(=O)OC(C)(C)C)cc2)[C@@H](C(=O)O)CCCN1C(=O)c1c(C)cccc1F. The van der Waals surface area contributed by atoms with E-state index in [0.29, 0.717) is 42.6 Å². The highest BCUT2D eigenvalue weighted by atomic mass is 19.1. The molecule has 2 N–H and O–H groups in total. The standard InChI is InChI=1S/C27H33FN2O5/c1-6-27(18-12-14-19(15-13-18)29-25(34)35-26(3,4)5)20(24(32)33)10-8-16-30(27)23(31)22-17(2)9-7-11-21(22)28/h7,9,11-15,20H,6,8,10,16H2,1-5H3,(H,29,34)(H,32,33)/t20-,27+/m1/s1. The molecule has 0 aliphatic carbocycles. The molecule has 1 aliphatic rings. The van der Waals surface area contributed by atoms with E-state index in [2.05, 4.69) is 5.32 Å². The van der Waals surface area contributed by atoms with Crippen molar-refractivity contribution in [2.24, 2.45) is 5.92 Å². The lowest BCUT2D eigenvalue weighted by Crippen LogP contribution is -2.59. The van der Waals surface area contributed by atoms with E-state index in [1.807, 2.05) is 6.92 Å². The number of piperidine rings is 1. The Morgan fingerprint density at radius 3 is 2.37 bits per heavy atom. The summed E-state index contributed by atoms with van der Waals surface area (Å²) < 4.78 is 20.0. The largest absolute Gasteiger partial charge is 0.481 e. The van der Waals surface area contributed by atoms with Crippen molar-refractivity contribution in [2.75, 3.05) is 11.9 Å². The number of anilines is 1. The van der Waals surface area contributed by atoms with Crippen LogP contribution in [-0.4, -0.2) is 40.1 Å². The molecule has 1 aliphatic heterocycles. The maximum atomic E-state index is 14.7. The third-order valence-corrected chi connectivity index (χ3v) is 6.48. The van der Waals surface area contributed by atoms with E-state index in [1.165, 1.54) is 11.0 Å². The molecule has 1 saturated heterocycles. The number of aryl methyl sites for hydroxylation is 1. The summed E-state index contributed by atoms with van der Waals surface area (Å²) in [6.45, 7) is 9.10. The fraction of sp³-hybridized carbons (Fsp3) is 0.444. The summed E-state index contributed by atoms with van der Waals surface area (Å²) in [5.74, 6) is -3.04. The fourth-order valence-corrected chi connectivity index (χ4v) is 4.99. The molecular formula is C27H33FN2O5. The van der Waals surface area contributed by atoms with Gasteiger partial charge >= 0.3 is 12.1 Å². The molecule has 188 valence electrons. The number of ether oxygens (including phenoxy) is 1. The Morgan fingerprint density at radius 2 is 1.83 bits per heavy atom. The molecule has 0 spiro atoms. The van der Waals surface area contributed by atoms with E-state index in [4.69, 9.17) is 4.74 Å². The molecule has 2 amide bonds.